The van der Waals surface area contributed by atoms with Gasteiger partial charge in [-0.15, -0.1) is 0 Å². The van der Waals surface area contributed by atoms with Gasteiger partial charge in [0.05, 0.1) is 26.7 Å². The summed E-state index contributed by atoms with van der Waals surface area (Å²) in [5.41, 5.74) is 1.92. The summed E-state index contributed by atoms with van der Waals surface area (Å²) in [6, 6.07) is 16.9. The minimum atomic E-state index is -0.452. The number of carbonyl (C=O) groups is 2. The minimum absolute atomic E-state index is 0.0705. The molecule has 1 unspecified atom stereocenters. The topological polar surface area (TPSA) is 69.6 Å². The average molecular weight is 380 g/mol. The highest BCUT2D eigenvalue weighted by molar-refractivity contribution is 5.81. The molecular weight excluding hydrogens is 356 g/mol. The Morgan fingerprint density at radius 3 is 2.50 bits per heavy atom. The van der Waals surface area contributed by atoms with Crippen molar-refractivity contribution in [1.29, 1.82) is 0 Å². The number of carbonyl (C=O) groups excluding carboxylic acids is 2. The van der Waals surface area contributed by atoms with E-state index in [0.29, 0.717) is 18.7 Å². The van der Waals surface area contributed by atoms with Gasteiger partial charge in [-0.3, -0.25) is 9.59 Å². The van der Waals surface area contributed by atoms with Gasteiger partial charge in [0.2, 0.25) is 5.91 Å². The Kier molecular flexibility index (Phi) is 6.32. The Hall–Kier alpha value is -3.28. The van der Waals surface area contributed by atoms with Crippen LogP contribution in [0.3, 0.4) is 0 Å². The lowest BCUT2D eigenvalue weighted by molar-refractivity contribution is -0.141. The molecule has 0 fully saturated rings. The van der Waals surface area contributed by atoms with Crippen LogP contribution in [0.25, 0.3) is 10.9 Å². The first-order valence-electron chi connectivity index (χ1n) is 9.14. The Labute approximate surface area is 164 Å². The molecule has 0 saturated carbocycles. The number of hydrogen-bond acceptors (Lipinski definition) is 4. The summed E-state index contributed by atoms with van der Waals surface area (Å²) in [5.74, 6) is 0.214. The third-order valence-electron chi connectivity index (χ3n) is 4.71. The number of aromatic nitrogens is 1. The van der Waals surface area contributed by atoms with Gasteiger partial charge in [0, 0.05) is 24.7 Å². The van der Waals surface area contributed by atoms with Gasteiger partial charge in [-0.25, -0.2) is 0 Å². The molecule has 146 valence electrons. The van der Waals surface area contributed by atoms with E-state index in [0.717, 1.165) is 16.5 Å². The highest BCUT2D eigenvalue weighted by atomic mass is 16.5. The molecule has 1 N–H and O–H groups in total. The van der Waals surface area contributed by atoms with Crippen LogP contribution in [-0.2, 0) is 20.9 Å². The number of amides is 1. The van der Waals surface area contributed by atoms with Crippen molar-refractivity contribution in [3.63, 3.8) is 0 Å². The molecule has 3 aromatic rings. The van der Waals surface area contributed by atoms with Gasteiger partial charge in [0.25, 0.3) is 0 Å². The first kappa shape index (κ1) is 19.5. The largest absolute Gasteiger partial charge is 0.497 e. The van der Waals surface area contributed by atoms with E-state index in [4.69, 9.17) is 9.47 Å². The van der Waals surface area contributed by atoms with Gasteiger partial charge in [0.15, 0.2) is 0 Å². The van der Waals surface area contributed by atoms with Crippen LogP contribution in [0.2, 0.25) is 0 Å². The van der Waals surface area contributed by atoms with Crippen molar-refractivity contribution in [2.45, 2.75) is 25.4 Å². The Morgan fingerprint density at radius 2 is 1.79 bits per heavy atom. The number of ether oxygens (including phenoxy) is 2. The summed E-state index contributed by atoms with van der Waals surface area (Å²) >= 11 is 0. The normalized spacial score (nSPS) is 11.8. The lowest BCUT2D eigenvalue weighted by Gasteiger charge is -2.19. The predicted molar refractivity (Wildman–Crippen MR) is 107 cm³/mol. The third kappa shape index (κ3) is 4.71. The molecule has 0 aliphatic rings. The van der Waals surface area contributed by atoms with Crippen molar-refractivity contribution in [3.8, 4) is 5.75 Å². The smallest absolute Gasteiger partial charge is 0.307 e. The zero-order valence-corrected chi connectivity index (χ0v) is 16.1. The first-order valence-corrected chi connectivity index (χ1v) is 9.14. The standard InChI is InChI=1S/C22H24N2O4/c1-27-18-9-7-16(8-10-18)19(15-22(26)28-2)23-21(25)12-14-24-13-11-17-5-3-4-6-20(17)24/h3-11,13,19H,12,14-15H2,1-2H3,(H,23,25). The Balaban J connectivity index is 1.66. The summed E-state index contributed by atoms with van der Waals surface area (Å²) in [6.07, 6.45) is 2.36. The van der Waals surface area contributed by atoms with Gasteiger partial charge >= 0.3 is 5.97 Å². The van der Waals surface area contributed by atoms with Gasteiger partial charge in [-0.05, 0) is 35.2 Å². The number of esters is 1. The maximum absolute atomic E-state index is 12.5. The van der Waals surface area contributed by atoms with E-state index in [2.05, 4.69) is 9.88 Å². The molecule has 0 saturated heterocycles. The second-order valence-corrected chi connectivity index (χ2v) is 6.49. The summed E-state index contributed by atoms with van der Waals surface area (Å²) in [7, 11) is 2.93. The Bertz CT molecular complexity index is 947. The van der Waals surface area contributed by atoms with Crippen LogP contribution in [0.15, 0.2) is 60.8 Å². The van der Waals surface area contributed by atoms with E-state index in [1.807, 2.05) is 48.7 Å². The number of hydrogen-bond donors (Lipinski definition) is 1. The zero-order valence-electron chi connectivity index (χ0n) is 16.1. The van der Waals surface area contributed by atoms with Crippen LogP contribution in [0.5, 0.6) is 5.75 Å². The average Bonchev–Trinajstić information content (AvgIpc) is 3.15. The molecule has 0 bridgehead atoms. The van der Waals surface area contributed by atoms with Crippen molar-refractivity contribution in [1.82, 2.24) is 9.88 Å². The molecule has 3 rings (SSSR count). The first-order chi connectivity index (χ1) is 13.6. The van der Waals surface area contributed by atoms with E-state index in [-0.39, 0.29) is 18.3 Å². The van der Waals surface area contributed by atoms with Crippen LogP contribution in [-0.4, -0.2) is 30.7 Å². The zero-order chi connectivity index (χ0) is 19.9. The molecule has 0 aliphatic heterocycles. The van der Waals surface area contributed by atoms with Gasteiger partial charge in [-0.2, -0.15) is 0 Å². The van der Waals surface area contributed by atoms with Crippen LogP contribution in [0, 0.1) is 0 Å². The number of rotatable bonds is 8. The molecule has 0 spiro atoms. The molecular formula is C22H24N2O4. The molecule has 28 heavy (non-hydrogen) atoms. The van der Waals surface area contributed by atoms with Gasteiger partial charge < -0.3 is 19.4 Å². The van der Waals surface area contributed by atoms with Crippen LogP contribution >= 0.6 is 0 Å². The third-order valence-corrected chi connectivity index (χ3v) is 4.71. The van der Waals surface area contributed by atoms with E-state index < -0.39 is 6.04 Å². The monoisotopic (exact) mass is 380 g/mol. The van der Waals surface area contributed by atoms with Crippen molar-refractivity contribution in [2.75, 3.05) is 14.2 Å². The van der Waals surface area contributed by atoms with Crippen molar-refractivity contribution in [3.05, 3.63) is 66.4 Å². The molecule has 0 aliphatic carbocycles. The molecule has 6 nitrogen and oxygen atoms in total. The number of para-hydroxylation sites is 1. The Morgan fingerprint density at radius 1 is 1.04 bits per heavy atom. The quantitative estimate of drug-likeness (QED) is 0.608. The molecule has 6 heteroatoms. The molecule has 1 amide bonds. The highest BCUT2D eigenvalue weighted by Crippen LogP contribution is 2.21. The van der Waals surface area contributed by atoms with E-state index in [1.165, 1.54) is 7.11 Å². The fraction of sp³-hybridized carbons (Fsp3) is 0.273. The summed E-state index contributed by atoms with van der Waals surface area (Å²) < 4.78 is 12.0. The van der Waals surface area contributed by atoms with Crippen molar-refractivity contribution in [2.24, 2.45) is 0 Å². The van der Waals surface area contributed by atoms with Gasteiger partial charge in [0.1, 0.15) is 5.75 Å². The van der Waals surface area contributed by atoms with Crippen molar-refractivity contribution < 1.29 is 19.1 Å². The lowest BCUT2D eigenvalue weighted by Crippen LogP contribution is -2.31. The number of nitrogens with one attached hydrogen (secondary N) is 1. The molecule has 1 heterocycles. The summed E-state index contributed by atoms with van der Waals surface area (Å²) in [4.78, 5) is 24.3. The molecule has 0 radical (unpaired) electrons. The number of fused-ring (bicyclic) bond motifs is 1. The van der Waals surface area contributed by atoms with Crippen LogP contribution in [0.4, 0.5) is 0 Å². The number of methoxy groups -OCH3 is 2. The summed E-state index contributed by atoms with van der Waals surface area (Å²) in [6.45, 7) is 0.562. The summed E-state index contributed by atoms with van der Waals surface area (Å²) in [5, 5.41) is 4.10. The fourth-order valence-corrected chi connectivity index (χ4v) is 3.16. The minimum Gasteiger partial charge on any atom is -0.497 e. The maximum atomic E-state index is 12.5. The van der Waals surface area contributed by atoms with Crippen LogP contribution < -0.4 is 10.1 Å². The van der Waals surface area contributed by atoms with E-state index >= 15 is 0 Å². The predicted octanol–water partition coefficient (Wildman–Crippen LogP) is 3.46. The van der Waals surface area contributed by atoms with E-state index in [9.17, 15) is 9.59 Å². The number of nitrogens with zero attached hydrogens (tertiary/aromatic N) is 1. The van der Waals surface area contributed by atoms with Crippen LogP contribution in [0.1, 0.15) is 24.4 Å². The number of aryl methyl sites for hydroxylation is 1. The molecule has 1 atom stereocenters. The molecule has 2 aromatic carbocycles. The highest BCUT2D eigenvalue weighted by Gasteiger charge is 2.19. The maximum Gasteiger partial charge on any atom is 0.307 e. The lowest BCUT2D eigenvalue weighted by atomic mass is 10.0. The second kappa shape index (κ2) is 9.08. The number of benzene rings is 2. The molecule has 1 aromatic heterocycles. The fourth-order valence-electron chi connectivity index (χ4n) is 3.16. The van der Waals surface area contributed by atoms with Gasteiger partial charge in [-0.1, -0.05) is 30.3 Å². The van der Waals surface area contributed by atoms with Crippen molar-refractivity contribution >= 4 is 22.8 Å². The van der Waals surface area contributed by atoms with E-state index in [1.54, 1.807) is 19.2 Å². The second-order valence-electron chi connectivity index (χ2n) is 6.49. The SMILES string of the molecule is COC(=O)CC(NC(=O)CCn1ccc2ccccc21)c1ccc(OC)cc1.